The van der Waals surface area contributed by atoms with Crippen molar-refractivity contribution in [2.45, 2.75) is 84.7 Å². The van der Waals surface area contributed by atoms with E-state index < -0.39 is 6.04 Å². The standard InChI is InChI=1S/C17H32N2O2/c1-5-13(4)18-17(21)15(11-12(2)3)19-16(20)14-9-7-6-8-10-14/h12-15H,5-11H2,1-4H3,(H,18,21)(H,19,20)/t13-,15+/m0/s1. The normalized spacial score (nSPS) is 19.1. The molecule has 0 aromatic carbocycles. The molecular formula is C17H32N2O2. The summed E-state index contributed by atoms with van der Waals surface area (Å²) in [5, 5.41) is 5.99. The first-order valence-corrected chi connectivity index (χ1v) is 8.54. The van der Waals surface area contributed by atoms with E-state index >= 15 is 0 Å². The highest BCUT2D eigenvalue weighted by Crippen LogP contribution is 2.24. The Kier molecular flexibility index (Phi) is 7.76. The molecule has 0 aromatic heterocycles. The van der Waals surface area contributed by atoms with Crippen LogP contribution >= 0.6 is 0 Å². The van der Waals surface area contributed by atoms with Gasteiger partial charge >= 0.3 is 0 Å². The quantitative estimate of drug-likeness (QED) is 0.758. The van der Waals surface area contributed by atoms with E-state index in [9.17, 15) is 9.59 Å². The molecule has 0 radical (unpaired) electrons. The third kappa shape index (κ3) is 6.49. The Morgan fingerprint density at radius 2 is 1.67 bits per heavy atom. The van der Waals surface area contributed by atoms with Crippen molar-refractivity contribution in [2.75, 3.05) is 0 Å². The van der Waals surface area contributed by atoms with Gasteiger partial charge in [0.05, 0.1) is 0 Å². The van der Waals surface area contributed by atoms with E-state index in [1.807, 2.05) is 13.8 Å². The second-order valence-electron chi connectivity index (χ2n) is 6.84. The molecule has 0 saturated heterocycles. The molecule has 4 nitrogen and oxygen atoms in total. The predicted octanol–water partition coefficient (Wildman–Crippen LogP) is 3.01. The fourth-order valence-electron chi connectivity index (χ4n) is 2.80. The molecule has 1 saturated carbocycles. The van der Waals surface area contributed by atoms with Crippen molar-refractivity contribution >= 4 is 11.8 Å². The lowest BCUT2D eigenvalue weighted by Crippen LogP contribution is -2.51. The van der Waals surface area contributed by atoms with E-state index in [-0.39, 0.29) is 23.8 Å². The number of hydrogen-bond acceptors (Lipinski definition) is 2. The number of nitrogens with one attached hydrogen (secondary N) is 2. The molecule has 0 aliphatic heterocycles. The minimum atomic E-state index is -0.395. The number of amides is 2. The van der Waals surface area contributed by atoms with Gasteiger partial charge in [-0.1, -0.05) is 40.0 Å². The summed E-state index contributed by atoms with van der Waals surface area (Å²) in [7, 11) is 0. The molecule has 2 N–H and O–H groups in total. The molecule has 2 atom stereocenters. The monoisotopic (exact) mass is 296 g/mol. The van der Waals surface area contributed by atoms with Gasteiger partial charge in [0, 0.05) is 12.0 Å². The smallest absolute Gasteiger partial charge is 0.242 e. The predicted molar refractivity (Wildman–Crippen MR) is 85.9 cm³/mol. The van der Waals surface area contributed by atoms with Crippen molar-refractivity contribution in [3.05, 3.63) is 0 Å². The van der Waals surface area contributed by atoms with Crippen molar-refractivity contribution in [3.8, 4) is 0 Å². The van der Waals surface area contributed by atoms with Gasteiger partial charge in [-0.15, -0.1) is 0 Å². The molecular weight excluding hydrogens is 264 g/mol. The Hall–Kier alpha value is -1.06. The maximum absolute atomic E-state index is 12.4. The largest absolute Gasteiger partial charge is 0.352 e. The van der Waals surface area contributed by atoms with E-state index in [0.717, 1.165) is 32.1 Å². The minimum Gasteiger partial charge on any atom is -0.352 e. The van der Waals surface area contributed by atoms with Crippen LogP contribution in [0.5, 0.6) is 0 Å². The van der Waals surface area contributed by atoms with Crippen LogP contribution in [0.1, 0.15) is 72.6 Å². The first-order valence-electron chi connectivity index (χ1n) is 8.54. The fraction of sp³-hybridized carbons (Fsp3) is 0.882. The lowest BCUT2D eigenvalue weighted by atomic mass is 9.88. The van der Waals surface area contributed by atoms with E-state index in [2.05, 4.69) is 24.5 Å². The van der Waals surface area contributed by atoms with Gasteiger partial charge in [0.1, 0.15) is 6.04 Å². The third-order valence-corrected chi connectivity index (χ3v) is 4.32. The molecule has 1 aliphatic rings. The molecule has 1 aliphatic carbocycles. The van der Waals surface area contributed by atoms with E-state index in [1.165, 1.54) is 6.42 Å². The average molecular weight is 296 g/mol. The summed E-state index contributed by atoms with van der Waals surface area (Å²) >= 11 is 0. The van der Waals surface area contributed by atoms with Gasteiger partial charge < -0.3 is 10.6 Å². The average Bonchev–Trinajstić information content (AvgIpc) is 2.46. The summed E-state index contributed by atoms with van der Waals surface area (Å²) in [6.07, 6.45) is 7.02. The van der Waals surface area contributed by atoms with Gasteiger partial charge in [0.15, 0.2) is 0 Å². The van der Waals surface area contributed by atoms with Crippen LogP contribution in [-0.2, 0) is 9.59 Å². The van der Waals surface area contributed by atoms with Gasteiger partial charge in [0.2, 0.25) is 11.8 Å². The highest BCUT2D eigenvalue weighted by Gasteiger charge is 2.27. The summed E-state index contributed by atoms with van der Waals surface area (Å²) in [6, 6.07) is -0.243. The second-order valence-corrected chi connectivity index (χ2v) is 6.84. The lowest BCUT2D eigenvalue weighted by molar-refractivity contribution is -0.132. The molecule has 122 valence electrons. The van der Waals surface area contributed by atoms with Gasteiger partial charge in [-0.2, -0.15) is 0 Å². The molecule has 1 fully saturated rings. The minimum absolute atomic E-state index is 0.0396. The fourth-order valence-corrected chi connectivity index (χ4v) is 2.80. The van der Waals surface area contributed by atoms with Crippen LogP contribution in [0.25, 0.3) is 0 Å². The number of rotatable bonds is 7. The van der Waals surface area contributed by atoms with Gasteiger partial charge in [-0.3, -0.25) is 9.59 Å². The Bertz CT molecular complexity index is 336. The zero-order chi connectivity index (χ0) is 15.8. The molecule has 0 bridgehead atoms. The SMILES string of the molecule is CC[C@H](C)NC(=O)[C@@H](CC(C)C)NC(=O)C1CCCCC1. The van der Waals surface area contributed by atoms with Crippen LogP contribution in [-0.4, -0.2) is 23.9 Å². The van der Waals surface area contributed by atoms with Gasteiger partial charge in [-0.05, 0) is 38.5 Å². The molecule has 2 amide bonds. The second kappa shape index (κ2) is 9.06. The maximum Gasteiger partial charge on any atom is 0.242 e. The molecule has 1 rings (SSSR count). The zero-order valence-corrected chi connectivity index (χ0v) is 14.1. The van der Waals surface area contributed by atoms with Crippen molar-refractivity contribution in [3.63, 3.8) is 0 Å². The van der Waals surface area contributed by atoms with E-state index in [0.29, 0.717) is 12.3 Å². The van der Waals surface area contributed by atoms with Crippen molar-refractivity contribution in [1.82, 2.24) is 10.6 Å². The summed E-state index contributed by atoms with van der Waals surface area (Å²) in [4.78, 5) is 24.7. The molecule has 0 aromatic rings. The molecule has 0 unspecified atom stereocenters. The van der Waals surface area contributed by atoms with Crippen LogP contribution < -0.4 is 10.6 Å². The maximum atomic E-state index is 12.4. The topological polar surface area (TPSA) is 58.2 Å². The van der Waals surface area contributed by atoms with Crippen LogP contribution in [0.15, 0.2) is 0 Å². The first-order chi connectivity index (χ1) is 9.93. The highest BCUT2D eigenvalue weighted by atomic mass is 16.2. The summed E-state index contributed by atoms with van der Waals surface area (Å²) in [6.45, 7) is 8.20. The molecule has 21 heavy (non-hydrogen) atoms. The number of hydrogen-bond donors (Lipinski definition) is 2. The number of carbonyl (C=O) groups excluding carboxylic acids is 2. The van der Waals surface area contributed by atoms with Gasteiger partial charge in [-0.25, -0.2) is 0 Å². The Labute approximate surface area is 129 Å². The van der Waals surface area contributed by atoms with E-state index in [4.69, 9.17) is 0 Å². The Morgan fingerprint density at radius 1 is 1.05 bits per heavy atom. The van der Waals surface area contributed by atoms with Crippen LogP contribution in [0.2, 0.25) is 0 Å². The van der Waals surface area contributed by atoms with Crippen molar-refractivity contribution in [2.24, 2.45) is 11.8 Å². The number of carbonyl (C=O) groups is 2. The molecule has 0 spiro atoms. The highest BCUT2D eigenvalue weighted by molar-refractivity contribution is 5.88. The van der Waals surface area contributed by atoms with Crippen LogP contribution in [0.4, 0.5) is 0 Å². The Balaban J connectivity index is 2.59. The van der Waals surface area contributed by atoms with E-state index in [1.54, 1.807) is 0 Å². The first kappa shape index (κ1) is 18.0. The summed E-state index contributed by atoms with van der Waals surface area (Å²) in [5.41, 5.74) is 0. The third-order valence-electron chi connectivity index (χ3n) is 4.32. The van der Waals surface area contributed by atoms with Gasteiger partial charge in [0.25, 0.3) is 0 Å². The van der Waals surface area contributed by atoms with Crippen molar-refractivity contribution < 1.29 is 9.59 Å². The van der Waals surface area contributed by atoms with Crippen LogP contribution in [0, 0.1) is 11.8 Å². The molecule has 4 heteroatoms. The lowest BCUT2D eigenvalue weighted by Gasteiger charge is -2.26. The van der Waals surface area contributed by atoms with Crippen molar-refractivity contribution in [1.29, 1.82) is 0 Å². The zero-order valence-electron chi connectivity index (χ0n) is 14.1. The summed E-state index contributed by atoms with van der Waals surface area (Å²) < 4.78 is 0. The molecule has 0 heterocycles. The summed E-state index contributed by atoms with van der Waals surface area (Å²) in [5.74, 6) is 0.510. The Morgan fingerprint density at radius 3 is 2.19 bits per heavy atom. The van der Waals surface area contributed by atoms with Crippen LogP contribution in [0.3, 0.4) is 0 Å².